The second-order valence-corrected chi connectivity index (χ2v) is 4.10. The fourth-order valence-corrected chi connectivity index (χ4v) is 1.81. The van der Waals surface area contributed by atoms with Crippen LogP contribution in [0.1, 0.15) is 0 Å². The topological polar surface area (TPSA) is 35.0 Å². The molecule has 0 fully saturated rings. The Kier molecular flexibility index (Phi) is 3.37. The van der Waals surface area contributed by atoms with E-state index in [0.29, 0.717) is 17.1 Å². The van der Waals surface area contributed by atoms with E-state index in [1.165, 1.54) is 12.3 Å². The van der Waals surface area contributed by atoms with E-state index >= 15 is 0 Å². The van der Waals surface area contributed by atoms with Crippen LogP contribution in [0.25, 0.3) is 11.4 Å². The fraction of sp³-hybridized carbons (Fsp3) is 0. The molecule has 0 N–H and O–H groups in total. The van der Waals surface area contributed by atoms with Gasteiger partial charge in [-0.3, -0.25) is 9.97 Å². The first kappa shape index (κ1) is 12.3. The summed E-state index contributed by atoms with van der Waals surface area (Å²) >= 11 is 0. The number of rotatable bonds is 3. The van der Waals surface area contributed by atoms with Crippen LogP contribution >= 0.6 is 0 Å². The number of nitrogens with zero attached hydrogens (tertiary/aromatic N) is 2. The number of hydrogen-bond donors (Lipinski definition) is 0. The molecule has 0 saturated carbocycles. The van der Waals surface area contributed by atoms with Crippen LogP contribution in [-0.2, 0) is 0 Å². The Bertz CT molecular complexity index is 702. The third-order valence-corrected chi connectivity index (χ3v) is 2.73. The highest BCUT2D eigenvalue weighted by atomic mass is 19.1. The molecule has 1 aromatic carbocycles. The smallest absolute Gasteiger partial charge is 0.190 e. The molecule has 2 heterocycles. The van der Waals surface area contributed by atoms with Gasteiger partial charge in [0.1, 0.15) is 11.4 Å². The van der Waals surface area contributed by atoms with Crippen LogP contribution in [0.4, 0.5) is 4.39 Å². The van der Waals surface area contributed by atoms with Crippen molar-refractivity contribution in [2.75, 3.05) is 0 Å². The van der Waals surface area contributed by atoms with Crippen LogP contribution in [0.3, 0.4) is 0 Å². The molecule has 20 heavy (non-hydrogen) atoms. The molecule has 0 radical (unpaired) electrons. The molecular formula is C16H11FN2O. The maximum absolute atomic E-state index is 14.0. The lowest BCUT2D eigenvalue weighted by molar-refractivity contribution is 0.441. The second-order valence-electron chi connectivity index (χ2n) is 4.10. The summed E-state index contributed by atoms with van der Waals surface area (Å²) in [5.41, 5.74) is 0.951. The van der Waals surface area contributed by atoms with Crippen molar-refractivity contribution in [2.24, 2.45) is 0 Å². The molecule has 3 nitrogen and oxygen atoms in total. The van der Waals surface area contributed by atoms with Gasteiger partial charge in [-0.1, -0.05) is 24.3 Å². The van der Waals surface area contributed by atoms with Crippen molar-refractivity contribution < 1.29 is 9.13 Å². The summed E-state index contributed by atoms with van der Waals surface area (Å²) in [5.74, 6) is 0.165. The third-order valence-electron chi connectivity index (χ3n) is 2.73. The first-order valence-electron chi connectivity index (χ1n) is 6.13. The Morgan fingerprint density at radius 2 is 1.60 bits per heavy atom. The summed E-state index contributed by atoms with van der Waals surface area (Å²) < 4.78 is 19.6. The van der Waals surface area contributed by atoms with Gasteiger partial charge in [0.05, 0.1) is 5.69 Å². The normalized spacial score (nSPS) is 10.2. The average Bonchev–Trinajstić information content (AvgIpc) is 2.51. The van der Waals surface area contributed by atoms with E-state index in [4.69, 9.17) is 4.74 Å². The van der Waals surface area contributed by atoms with Crippen molar-refractivity contribution in [3.8, 4) is 22.9 Å². The molecule has 0 atom stereocenters. The highest BCUT2D eigenvalue weighted by molar-refractivity contribution is 5.63. The van der Waals surface area contributed by atoms with Crippen molar-refractivity contribution in [3.05, 3.63) is 72.8 Å². The van der Waals surface area contributed by atoms with Crippen molar-refractivity contribution in [1.82, 2.24) is 9.97 Å². The highest BCUT2D eigenvalue weighted by Gasteiger charge is 2.15. The van der Waals surface area contributed by atoms with E-state index in [0.717, 1.165) is 0 Å². The first-order chi connectivity index (χ1) is 9.84. The largest absolute Gasteiger partial charge is 0.452 e. The number of benzene rings is 1. The summed E-state index contributed by atoms with van der Waals surface area (Å²) in [5, 5.41) is 0. The minimum absolute atomic E-state index is 0.0809. The molecule has 2 aromatic heterocycles. The summed E-state index contributed by atoms with van der Waals surface area (Å²) in [4.78, 5) is 8.36. The van der Waals surface area contributed by atoms with Gasteiger partial charge in [0, 0.05) is 12.4 Å². The molecule has 0 amide bonds. The van der Waals surface area contributed by atoms with E-state index < -0.39 is 5.82 Å². The van der Waals surface area contributed by atoms with Crippen LogP contribution in [0.5, 0.6) is 11.5 Å². The van der Waals surface area contributed by atoms with Crippen molar-refractivity contribution in [2.45, 2.75) is 0 Å². The third kappa shape index (κ3) is 2.49. The van der Waals surface area contributed by atoms with Crippen LogP contribution < -0.4 is 4.74 Å². The molecule has 0 bridgehead atoms. The zero-order valence-corrected chi connectivity index (χ0v) is 10.5. The van der Waals surface area contributed by atoms with Crippen molar-refractivity contribution in [1.29, 1.82) is 0 Å². The fourth-order valence-electron chi connectivity index (χ4n) is 1.81. The molecule has 0 unspecified atom stereocenters. The molecule has 3 aromatic rings. The molecule has 0 aliphatic heterocycles. The lowest BCUT2D eigenvalue weighted by Crippen LogP contribution is -1.95. The van der Waals surface area contributed by atoms with Gasteiger partial charge in [-0.15, -0.1) is 0 Å². The predicted molar refractivity (Wildman–Crippen MR) is 73.9 cm³/mol. The minimum Gasteiger partial charge on any atom is -0.452 e. The summed E-state index contributed by atoms with van der Waals surface area (Å²) in [6.45, 7) is 0. The van der Waals surface area contributed by atoms with Gasteiger partial charge in [0.2, 0.25) is 0 Å². The Morgan fingerprint density at radius 1 is 0.800 bits per heavy atom. The van der Waals surface area contributed by atoms with Gasteiger partial charge in [-0.2, -0.15) is 0 Å². The van der Waals surface area contributed by atoms with E-state index in [1.807, 2.05) is 24.3 Å². The molecule has 3 rings (SSSR count). The van der Waals surface area contributed by atoms with Crippen LogP contribution in [0, 0.1) is 5.82 Å². The van der Waals surface area contributed by atoms with Crippen LogP contribution in [0.15, 0.2) is 67.0 Å². The minimum atomic E-state index is -0.468. The number of para-hydroxylation sites is 1. The first-order valence-corrected chi connectivity index (χ1v) is 6.13. The number of aromatic nitrogens is 2. The SMILES string of the molecule is Fc1ccnc(-c2ccccn2)c1Oc1ccccc1. The van der Waals surface area contributed by atoms with Crippen molar-refractivity contribution in [3.63, 3.8) is 0 Å². The number of pyridine rings is 2. The predicted octanol–water partition coefficient (Wildman–Crippen LogP) is 4.08. The zero-order valence-electron chi connectivity index (χ0n) is 10.5. The molecule has 0 spiro atoms. The molecule has 98 valence electrons. The monoisotopic (exact) mass is 266 g/mol. The van der Waals surface area contributed by atoms with Crippen molar-refractivity contribution >= 4 is 0 Å². The Balaban J connectivity index is 2.06. The quantitative estimate of drug-likeness (QED) is 0.716. The van der Waals surface area contributed by atoms with Gasteiger partial charge in [-0.05, 0) is 30.3 Å². The van der Waals surface area contributed by atoms with Crippen LogP contribution in [0.2, 0.25) is 0 Å². The molecule has 0 aliphatic carbocycles. The lowest BCUT2D eigenvalue weighted by Gasteiger charge is -2.10. The summed E-state index contributed by atoms with van der Waals surface area (Å²) in [6.07, 6.45) is 3.03. The highest BCUT2D eigenvalue weighted by Crippen LogP contribution is 2.32. The van der Waals surface area contributed by atoms with Gasteiger partial charge in [0.25, 0.3) is 0 Å². The van der Waals surface area contributed by atoms with Gasteiger partial charge < -0.3 is 4.74 Å². The molecular weight excluding hydrogens is 255 g/mol. The molecule has 0 aliphatic rings. The second kappa shape index (κ2) is 5.48. The lowest BCUT2D eigenvalue weighted by atomic mass is 10.2. The van der Waals surface area contributed by atoms with Gasteiger partial charge in [-0.25, -0.2) is 4.39 Å². The molecule has 0 saturated heterocycles. The summed E-state index contributed by atoms with van der Waals surface area (Å²) in [7, 11) is 0. The maximum atomic E-state index is 14.0. The Hall–Kier alpha value is -2.75. The van der Waals surface area contributed by atoms with E-state index in [1.54, 1.807) is 30.5 Å². The number of ether oxygens (including phenoxy) is 1. The molecule has 4 heteroatoms. The van der Waals surface area contributed by atoms with Crippen LogP contribution in [-0.4, -0.2) is 9.97 Å². The number of halogens is 1. The Morgan fingerprint density at radius 3 is 2.35 bits per heavy atom. The van der Waals surface area contributed by atoms with E-state index in [9.17, 15) is 4.39 Å². The van der Waals surface area contributed by atoms with E-state index in [2.05, 4.69) is 9.97 Å². The Labute approximate surface area is 115 Å². The van der Waals surface area contributed by atoms with Gasteiger partial charge in [0.15, 0.2) is 11.6 Å². The average molecular weight is 266 g/mol. The maximum Gasteiger partial charge on any atom is 0.190 e. The van der Waals surface area contributed by atoms with E-state index in [-0.39, 0.29) is 5.75 Å². The summed E-state index contributed by atoms with van der Waals surface area (Å²) in [6, 6.07) is 15.7. The number of hydrogen-bond acceptors (Lipinski definition) is 3. The zero-order chi connectivity index (χ0) is 13.8. The standard InChI is InChI=1S/C16H11FN2O/c17-13-9-11-19-15(14-8-4-5-10-18-14)16(13)20-12-6-2-1-3-7-12/h1-11H. The van der Waals surface area contributed by atoms with Gasteiger partial charge >= 0.3 is 0 Å².